The topological polar surface area (TPSA) is 76.5 Å². The van der Waals surface area contributed by atoms with E-state index < -0.39 is 5.97 Å². The van der Waals surface area contributed by atoms with Gasteiger partial charge in [-0.05, 0) is 15.9 Å². The summed E-state index contributed by atoms with van der Waals surface area (Å²) in [5.74, 6) is -0.636. The monoisotopic (exact) mass is 271 g/mol. The van der Waals surface area contributed by atoms with Crippen molar-refractivity contribution < 1.29 is 9.53 Å². The van der Waals surface area contributed by atoms with Gasteiger partial charge in [0.05, 0.1) is 11.6 Å². The first kappa shape index (κ1) is 9.91. The largest absolute Gasteiger partial charge is 0.464 e. The molecule has 0 amide bonds. The number of fused-ring (bicyclic) bond motifs is 1. The lowest BCUT2D eigenvalue weighted by atomic mass is 10.4. The van der Waals surface area contributed by atoms with Crippen LogP contribution in [-0.2, 0) is 4.74 Å². The second-order valence-corrected chi connectivity index (χ2v) is 3.61. The Kier molecular flexibility index (Phi) is 2.31. The number of hydrogen-bond acceptors (Lipinski definition) is 4. The van der Waals surface area contributed by atoms with E-state index >= 15 is 0 Å². The molecule has 0 bridgehead atoms. The lowest BCUT2D eigenvalue weighted by molar-refractivity contribution is 0.0594. The highest BCUT2D eigenvalue weighted by molar-refractivity contribution is 9.10. The molecule has 0 atom stereocenters. The Morgan fingerprint density at radius 1 is 1.67 bits per heavy atom. The summed E-state index contributed by atoms with van der Waals surface area (Å²) in [4.78, 5) is 26.7. The Hall–Kier alpha value is -1.63. The number of esters is 1. The predicted molar refractivity (Wildman–Crippen MR) is 54.9 cm³/mol. The summed E-state index contributed by atoms with van der Waals surface area (Å²) in [7, 11) is 1.23. The first-order valence-corrected chi connectivity index (χ1v) is 4.78. The molecule has 2 aromatic rings. The molecule has 0 saturated carbocycles. The van der Waals surface area contributed by atoms with Gasteiger partial charge in [0.15, 0.2) is 11.3 Å². The van der Waals surface area contributed by atoms with Crippen molar-refractivity contribution in [2.75, 3.05) is 7.11 Å². The Morgan fingerprint density at radius 3 is 3.07 bits per heavy atom. The first-order chi connectivity index (χ1) is 7.13. The van der Waals surface area contributed by atoms with Crippen LogP contribution in [0.5, 0.6) is 0 Å². The molecule has 78 valence electrons. The van der Waals surface area contributed by atoms with Gasteiger partial charge in [-0.25, -0.2) is 14.3 Å². The zero-order valence-corrected chi connectivity index (χ0v) is 9.24. The lowest BCUT2D eigenvalue weighted by Crippen LogP contribution is -2.18. The number of nitrogens with one attached hydrogen (secondary N) is 1. The van der Waals surface area contributed by atoms with Gasteiger partial charge in [0.1, 0.15) is 0 Å². The number of carbonyl (C=O) groups is 1. The van der Waals surface area contributed by atoms with Gasteiger partial charge < -0.3 is 4.74 Å². The zero-order chi connectivity index (χ0) is 11.0. The van der Waals surface area contributed by atoms with E-state index in [1.165, 1.54) is 11.6 Å². The third kappa shape index (κ3) is 1.54. The van der Waals surface area contributed by atoms with E-state index in [2.05, 4.69) is 30.7 Å². The highest BCUT2D eigenvalue weighted by Gasteiger charge is 2.12. The number of hydrogen-bond donors (Lipinski definition) is 1. The average molecular weight is 272 g/mol. The quantitative estimate of drug-likeness (QED) is 0.770. The van der Waals surface area contributed by atoms with Gasteiger partial charge in [-0.2, -0.15) is 0 Å². The predicted octanol–water partition coefficient (Wildman–Crippen LogP) is 0.572. The maximum absolute atomic E-state index is 11.5. The minimum atomic E-state index is -0.636. The van der Waals surface area contributed by atoms with Crippen LogP contribution in [0.25, 0.3) is 5.65 Å². The van der Waals surface area contributed by atoms with E-state index in [9.17, 15) is 9.59 Å². The standard InChI is InChI=1S/C8H6BrN3O3/c1-15-8(14)5-2-6(13)12-7(11-5)4(9)3-10-12/h2-3,10H,1H3. The van der Waals surface area contributed by atoms with Crippen molar-refractivity contribution in [3.8, 4) is 0 Å². The fraction of sp³-hybridized carbons (Fsp3) is 0.125. The molecule has 7 heteroatoms. The number of carbonyl (C=O) groups excluding carboxylic acids is 1. The highest BCUT2D eigenvalue weighted by atomic mass is 79.9. The molecule has 0 fully saturated rings. The van der Waals surface area contributed by atoms with Gasteiger partial charge >= 0.3 is 5.97 Å². The second-order valence-electron chi connectivity index (χ2n) is 2.75. The maximum atomic E-state index is 11.5. The fourth-order valence-electron chi connectivity index (χ4n) is 1.16. The molecule has 1 N–H and O–H groups in total. The Labute approximate surface area is 92.0 Å². The van der Waals surface area contributed by atoms with Crippen molar-refractivity contribution in [2.24, 2.45) is 0 Å². The van der Waals surface area contributed by atoms with E-state index in [4.69, 9.17) is 0 Å². The summed E-state index contributed by atoms with van der Waals surface area (Å²) in [6.45, 7) is 0. The molecule has 0 spiro atoms. The number of rotatable bonds is 1. The van der Waals surface area contributed by atoms with Gasteiger partial charge in [-0.3, -0.25) is 9.89 Å². The number of nitrogens with zero attached hydrogens (tertiary/aromatic N) is 2. The number of H-pyrrole nitrogens is 1. The third-order valence-electron chi connectivity index (χ3n) is 1.85. The Bertz CT molecular complexity index is 586. The average Bonchev–Trinajstić information content (AvgIpc) is 2.60. The number of ether oxygens (including phenoxy) is 1. The van der Waals surface area contributed by atoms with E-state index in [0.717, 1.165) is 6.07 Å². The lowest BCUT2D eigenvalue weighted by Gasteiger charge is -1.98. The van der Waals surface area contributed by atoms with Crippen molar-refractivity contribution in [2.45, 2.75) is 0 Å². The minimum Gasteiger partial charge on any atom is -0.464 e. The fourth-order valence-corrected chi connectivity index (χ4v) is 1.53. The molecule has 0 radical (unpaired) electrons. The van der Waals surface area contributed by atoms with Gasteiger partial charge in [-0.15, -0.1) is 0 Å². The van der Waals surface area contributed by atoms with Gasteiger partial charge in [-0.1, -0.05) is 0 Å². The summed E-state index contributed by atoms with van der Waals surface area (Å²) >= 11 is 3.20. The Balaban J connectivity index is 2.76. The minimum absolute atomic E-state index is 0.0113. The van der Waals surface area contributed by atoms with Crippen molar-refractivity contribution >= 4 is 27.5 Å². The molecular weight excluding hydrogens is 266 g/mol. The molecule has 0 aromatic carbocycles. The van der Waals surface area contributed by atoms with Crippen LogP contribution in [0.3, 0.4) is 0 Å². The summed E-state index contributed by atoms with van der Waals surface area (Å²) in [6.07, 6.45) is 1.56. The van der Waals surface area contributed by atoms with Crippen LogP contribution >= 0.6 is 15.9 Å². The Morgan fingerprint density at radius 2 is 2.40 bits per heavy atom. The summed E-state index contributed by atoms with van der Waals surface area (Å²) in [6, 6.07) is 1.11. The van der Waals surface area contributed by atoms with Gasteiger partial charge in [0.2, 0.25) is 0 Å². The zero-order valence-electron chi connectivity index (χ0n) is 7.65. The third-order valence-corrected chi connectivity index (χ3v) is 2.43. The van der Waals surface area contributed by atoms with Crippen molar-refractivity contribution in [1.82, 2.24) is 14.6 Å². The van der Waals surface area contributed by atoms with Gasteiger partial charge in [0, 0.05) is 12.3 Å². The van der Waals surface area contributed by atoms with Crippen LogP contribution in [0, 0.1) is 0 Å². The molecule has 2 rings (SSSR count). The molecule has 0 aliphatic rings. The molecular formula is C8H6BrN3O3. The number of aromatic nitrogens is 3. The van der Waals surface area contributed by atoms with E-state index in [1.54, 1.807) is 6.20 Å². The second kappa shape index (κ2) is 3.50. The molecule has 6 nitrogen and oxygen atoms in total. The SMILES string of the molecule is COC(=O)c1cc(=O)n2[nH]cc(Br)c2n1. The van der Waals surface area contributed by atoms with E-state index in [-0.39, 0.29) is 11.3 Å². The first-order valence-electron chi connectivity index (χ1n) is 3.98. The molecule has 2 heterocycles. The molecule has 15 heavy (non-hydrogen) atoms. The molecule has 0 aliphatic carbocycles. The maximum Gasteiger partial charge on any atom is 0.356 e. The molecule has 0 unspecified atom stereocenters. The van der Waals surface area contributed by atoms with Crippen LogP contribution in [0.15, 0.2) is 21.5 Å². The van der Waals surface area contributed by atoms with Crippen LogP contribution in [0.2, 0.25) is 0 Å². The van der Waals surface area contributed by atoms with Crippen molar-refractivity contribution in [3.63, 3.8) is 0 Å². The van der Waals surface area contributed by atoms with Crippen molar-refractivity contribution in [3.05, 3.63) is 32.8 Å². The van der Waals surface area contributed by atoms with Crippen LogP contribution in [-0.4, -0.2) is 27.7 Å². The summed E-state index contributed by atoms with van der Waals surface area (Å²) < 4.78 is 6.30. The number of halogens is 1. The summed E-state index contributed by atoms with van der Waals surface area (Å²) in [5, 5.41) is 2.68. The van der Waals surface area contributed by atoms with Crippen LogP contribution in [0.4, 0.5) is 0 Å². The smallest absolute Gasteiger partial charge is 0.356 e. The molecule has 2 aromatic heterocycles. The normalized spacial score (nSPS) is 10.5. The van der Waals surface area contributed by atoms with Crippen LogP contribution in [0.1, 0.15) is 10.5 Å². The van der Waals surface area contributed by atoms with Crippen molar-refractivity contribution in [1.29, 1.82) is 0 Å². The van der Waals surface area contributed by atoms with E-state index in [1.807, 2.05) is 0 Å². The number of methoxy groups -OCH3 is 1. The van der Waals surface area contributed by atoms with Gasteiger partial charge in [0.25, 0.3) is 5.56 Å². The highest BCUT2D eigenvalue weighted by Crippen LogP contribution is 2.13. The molecule has 0 aliphatic heterocycles. The summed E-state index contributed by atoms with van der Waals surface area (Å²) in [5.41, 5.74) is -0.0307. The van der Waals surface area contributed by atoms with E-state index in [0.29, 0.717) is 10.1 Å². The van der Waals surface area contributed by atoms with Crippen LogP contribution < -0.4 is 5.56 Å². The number of aromatic amines is 1. The molecule has 0 saturated heterocycles.